The molecular weight excluding hydrogens is 304 g/mol. The molecule has 136 valence electrons. The quantitative estimate of drug-likeness (QED) is 0.740. The first-order chi connectivity index (χ1) is 11.5. The van der Waals surface area contributed by atoms with Crippen LogP contribution < -0.4 is 0 Å². The third-order valence-electron chi connectivity index (χ3n) is 5.89. The minimum atomic E-state index is 0.0282. The number of ether oxygens (including phenoxy) is 2. The van der Waals surface area contributed by atoms with Gasteiger partial charge in [-0.15, -0.1) is 0 Å². The molecule has 0 unspecified atom stereocenters. The van der Waals surface area contributed by atoms with Crippen molar-refractivity contribution in [2.75, 3.05) is 52.5 Å². The van der Waals surface area contributed by atoms with Crippen molar-refractivity contribution in [2.45, 2.75) is 45.1 Å². The largest absolute Gasteiger partial charge is 0.379 e. The van der Waals surface area contributed by atoms with E-state index in [0.29, 0.717) is 5.41 Å². The number of morpholine rings is 1. The van der Waals surface area contributed by atoms with E-state index in [0.717, 1.165) is 71.8 Å². The Morgan fingerprint density at radius 3 is 2.38 bits per heavy atom. The molecule has 1 amide bonds. The number of hydrogen-bond donors (Lipinski definition) is 0. The smallest absolute Gasteiger partial charge is 0.246 e. The van der Waals surface area contributed by atoms with Crippen LogP contribution >= 0.6 is 0 Å². The topological polar surface area (TPSA) is 42.0 Å². The van der Waals surface area contributed by atoms with E-state index in [9.17, 15) is 4.79 Å². The summed E-state index contributed by atoms with van der Waals surface area (Å²) in [6, 6.07) is 0. The summed E-state index contributed by atoms with van der Waals surface area (Å²) in [7, 11) is 0. The molecule has 0 aromatic heterocycles. The third-order valence-corrected chi connectivity index (χ3v) is 5.89. The van der Waals surface area contributed by atoms with Crippen LogP contribution in [0.25, 0.3) is 0 Å². The van der Waals surface area contributed by atoms with E-state index in [1.165, 1.54) is 6.42 Å². The van der Waals surface area contributed by atoms with Crippen molar-refractivity contribution < 1.29 is 14.3 Å². The lowest BCUT2D eigenvalue weighted by atomic mass is 9.72. The fraction of sp³-hybridized carbons (Fsp3) is 0.842. The molecule has 3 rings (SSSR count). The normalized spacial score (nSPS) is 27.7. The van der Waals surface area contributed by atoms with Crippen molar-refractivity contribution in [2.24, 2.45) is 5.41 Å². The van der Waals surface area contributed by atoms with Crippen molar-refractivity contribution in [3.8, 4) is 0 Å². The van der Waals surface area contributed by atoms with Gasteiger partial charge in [0.05, 0.1) is 25.4 Å². The van der Waals surface area contributed by atoms with Crippen LogP contribution in [-0.2, 0) is 14.3 Å². The fourth-order valence-corrected chi connectivity index (χ4v) is 3.85. The minimum Gasteiger partial charge on any atom is -0.379 e. The number of carbonyl (C=O) groups excluding carboxylic acids is 1. The maximum absolute atomic E-state index is 12.4. The van der Waals surface area contributed by atoms with Crippen LogP contribution in [0, 0.1) is 5.41 Å². The molecule has 5 nitrogen and oxygen atoms in total. The SMILES string of the molecule is CC1(C)CCC2(CCN(C(=O)/C=C/CN3CCOCC3)CC2)CO1. The molecule has 0 saturated carbocycles. The van der Waals surface area contributed by atoms with Gasteiger partial charge in [-0.25, -0.2) is 0 Å². The van der Waals surface area contributed by atoms with Crippen molar-refractivity contribution in [3.63, 3.8) is 0 Å². The highest BCUT2D eigenvalue weighted by atomic mass is 16.5. The predicted octanol–water partition coefficient (Wildman–Crippen LogP) is 2.07. The zero-order chi connectivity index (χ0) is 17.0. The molecule has 24 heavy (non-hydrogen) atoms. The number of amides is 1. The van der Waals surface area contributed by atoms with E-state index in [2.05, 4.69) is 18.7 Å². The summed E-state index contributed by atoms with van der Waals surface area (Å²) < 4.78 is 11.4. The van der Waals surface area contributed by atoms with Gasteiger partial charge >= 0.3 is 0 Å². The molecule has 5 heteroatoms. The molecular formula is C19H32N2O3. The zero-order valence-electron chi connectivity index (χ0n) is 15.3. The highest BCUT2D eigenvalue weighted by Crippen LogP contribution is 2.43. The number of carbonyl (C=O) groups is 1. The van der Waals surface area contributed by atoms with Crippen LogP contribution in [0.4, 0.5) is 0 Å². The van der Waals surface area contributed by atoms with E-state index >= 15 is 0 Å². The van der Waals surface area contributed by atoms with Crippen molar-refractivity contribution in [3.05, 3.63) is 12.2 Å². The molecule has 0 radical (unpaired) electrons. The molecule has 0 aromatic carbocycles. The molecule has 0 bridgehead atoms. The number of nitrogens with zero attached hydrogens (tertiary/aromatic N) is 2. The summed E-state index contributed by atoms with van der Waals surface area (Å²) in [5.41, 5.74) is 0.338. The Balaban J connectivity index is 1.42. The second-order valence-corrected chi connectivity index (χ2v) is 8.19. The monoisotopic (exact) mass is 336 g/mol. The maximum atomic E-state index is 12.4. The fourth-order valence-electron chi connectivity index (χ4n) is 3.85. The highest BCUT2D eigenvalue weighted by Gasteiger charge is 2.41. The molecule has 3 heterocycles. The highest BCUT2D eigenvalue weighted by molar-refractivity contribution is 5.87. The molecule has 0 atom stereocenters. The van der Waals surface area contributed by atoms with Gasteiger partial charge in [-0.1, -0.05) is 6.08 Å². The lowest BCUT2D eigenvalue weighted by Crippen LogP contribution is -2.49. The van der Waals surface area contributed by atoms with Crippen LogP contribution in [0.15, 0.2) is 12.2 Å². The Hall–Kier alpha value is -0.910. The van der Waals surface area contributed by atoms with Gasteiger partial charge in [-0.2, -0.15) is 0 Å². The third kappa shape index (κ3) is 4.58. The zero-order valence-corrected chi connectivity index (χ0v) is 15.3. The van der Waals surface area contributed by atoms with Gasteiger partial charge in [0.15, 0.2) is 0 Å². The number of likely N-dealkylation sites (tertiary alicyclic amines) is 1. The number of piperidine rings is 1. The van der Waals surface area contributed by atoms with Crippen LogP contribution in [0.2, 0.25) is 0 Å². The lowest BCUT2D eigenvalue weighted by molar-refractivity contribution is -0.141. The first kappa shape index (κ1) is 17.9. The van der Waals surface area contributed by atoms with Gasteiger partial charge in [0.25, 0.3) is 0 Å². The molecule has 3 aliphatic rings. The summed E-state index contributed by atoms with van der Waals surface area (Å²) >= 11 is 0. The van der Waals surface area contributed by atoms with Crippen LogP contribution in [0.5, 0.6) is 0 Å². The van der Waals surface area contributed by atoms with Gasteiger partial charge in [0, 0.05) is 38.8 Å². The van der Waals surface area contributed by atoms with E-state index < -0.39 is 0 Å². The van der Waals surface area contributed by atoms with Gasteiger partial charge in [0.2, 0.25) is 5.91 Å². The van der Waals surface area contributed by atoms with Crippen LogP contribution in [-0.4, -0.2) is 73.9 Å². The summed E-state index contributed by atoms with van der Waals surface area (Å²) in [6.45, 7) is 11.3. The summed E-state index contributed by atoms with van der Waals surface area (Å²) in [6.07, 6.45) is 8.27. The minimum absolute atomic E-state index is 0.0282. The molecule has 3 fully saturated rings. The van der Waals surface area contributed by atoms with E-state index in [-0.39, 0.29) is 11.5 Å². The molecule has 1 spiro atoms. The van der Waals surface area contributed by atoms with Crippen LogP contribution in [0.3, 0.4) is 0 Å². The van der Waals surface area contributed by atoms with E-state index in [4.69, 9.17) is 9.47 Å². The van der Waals surface area contributed by atoms with Gasteiger partial charge in [-0.05, 0) is 44.9 Å². The summed E-state index contributed by atoms with van der Waals surface area (Å²) in [4.78, 5) is 16.7. The Kier molecular flexibility index (Phi) is 5.63. The molecule has 3 saturated heterocycles. The summed E-state index contributed by atoms with van der Waals surface area (Å²) in [5.74, 6) is 0.162. The standard InChI is InChI=1S/C19H32N2O3/c1-18(2)5-6-19(16-24-18)7-10-21(11-8-19)17(22)4-3-9-20-12-14-23-15-13-20/h3-4H,5-16H2,1-2H3/b4-3+. The Morgan fingerprint density at radius 1 is 1.04 bits per heavy atom. The van der Waals surface area contributed by atoms with Gasteiger partial charge < -0.3 is 14.4 Å². The van der Waals surface area contributed by atoms with Gasteiger partial charge in [-0.3, -0.25) is 9.69 Å². The molecule has 0 N–H and O–H groups in total. The molecule has 3 aliphatic heterocycles. The first-order valence-electron chi connectivity index (χ1n) is 9.38. The van der Waals surface area contributed by atoms with Crippen molar-refractivity contribution in [1.82, 2.24) is 9.80 Å². The summed E-state index contributed by atoms with van der Waals surface area (Å²) in [5, 5.41) is 0. The van der Waals surface area contributed by atoms with E-state index in [1.807, 2.05) is 11.0 Å². The first-order valence-corrected chi connectivity index (χ1v) is 9.38. The maximum Gasteiger partial charge on any atom is 0.246 e. The molecule has 0 aromatic rings. The predicted molar refractivity (Wildman–Crippen MR) is 93.9 cm³/mol. The van der Waals surface area contributed by atoms with E-state index in [1.54, 1.807) is 6.08 Å². The molecule has 0 aliphatic carbocycles. The van der Waals surface area contributed by atoms with Gasteiger partial charge in [0.1, 0.15) is 0 Å². The van der Waals surface area contributed by atoms with Crippen LogP contribution in [0.1, 0.15) is 39.5 Å². The van der Waals surface area contributed by atoms with Crippen molar-refractivity contribution in [1.29, 1.82) is 0 Å². The Bertz CT molecular complexity index is 449. The number of hydrogen-bond acceptors (Lipinski definition) is 4. The lowest BCUT2D eigenvalue weighted by Gasteiger charge is -2.47. The Morgan fingerprint density at radius 2 is 1.75 bits per heavy atom. The average Bonchev–Trinajstić information content (AvgIpc) is 2.59. The number of rotatable bonds is 3. The van der Waals surface area contributed by atoms with Crippen molar-refractivity contribution >= 4 is 5.91 Å². The average molecular weight is 336 g/mol. The Labute approximate surface area is 146 Å². The second kappa shape index (κ2) is 7.54. The second-order valence-electron chi connectivity index (χ2n) is 8.19.